The van der Waals surface area contributed by atoms with E-state index in [1.54, 1.807) is 0 Å². The number of nitrogens with zero attached hydrogens (tertiary/aromatic N) is 2. The third kappa shape index (κ3) is 4.21. The summed E-state index contributed by atoms with van der Waals surface area (Å²) in [6.45, 7) is 2.19. The number of amides is 1. The highest BCUT2D eigenvalue weighted by atomic mass is 32.2. The zero-order valence-corrected chi connectivity index (χ0v) is 13.3. The summed E-state index contributed by atoms with van der Waals surface area (Å²) in [4.78, 5) is 17.2. The summed E-state index contributed by atoms with van der Waals surface area (Å²) >= 11 is 0. The van der Waals surface area contributed by atoms with E-state index in [0.717, 1.165) is 18.3 Å². The fraction of sp³-hybridized carbons (Fsp3) is 0.571. The van der Waals surface area contributed by atoms with Gasteiger partial charge < -0.3 is 4.90 Å². The van der Waals surface area contributed by atoms with Crippen molar-refractivity contribution in [2.45, 2.75) is 32.0 Å². The lowest BCUT2D eigenvalue weighted by molar-refractivity contribution is -0.141. The molecule has 1 unspecified atom stereocenters. The van der Waals surface area contributed by atoms with Crippen molar-refractivity contribution in [2.24, 2.45) is 0 Å². The number of pyridine rings is 1. The van der Waals surface area contributed by atoms with Crippen LogP contribution >= 0.6 is 0 Å². The Morgan fingerprint density at radius 2 is 2.09 bits per heavy atom. The molecule has 0 bridgehead atoms. The highest BCUT2D eigenvalue weighted by molar-refractivity contribution is 7.91. The summed E-state index contributed by atoms with van der Waals surface area (Å²) in [5, 5.41) is 0. The fourth-order valence-corrected chi connectivity index (χ4v) is 4.30. The monoisotopic (exact) mass is 350 g/mol. The van der Waals surface area contributed by atoms with Crippen LogP contribution in [0.25, 0.3) is 0 Å². The summed E-state index contributed by atoms with van der Waals surface area (Å²) < 4.78 is 60.7. The molecule has 1 aliphatic heterocycles. The molecule has 1 saturated heterocycles. The Hall–Kier alpha value is -1.64. The van der Waals surface area contributed by atoms with E-state index in [1.807, 2.05) is 6.92 Å². The maximum Gasteiger partial charge on any atom is 0.433 e. The molecule has 1 aliphatic rings. The van der Waals surface area contributed by atoms with E-state index < -0.39 is 33.7 Å². The normalized spacial score (nSPS) is 20.4. The second kappa shape index (κ2) is 6.46. The van der Waals surface area contributed by atoms with E-state index in [1.165, 1.54) is 4.90 Å². The van der Waals surface area contributed by atoms with Crippen molar-refractivity contribution in [3.63, 3.8) is 0 Å². The van der Waals surface area contributed by atoms with Crippen molar-refractivity contribution >= 4 is 15.7 Å². The van der Waals surface area contributed by atoms with Gasteiger partial charge in [-0.1, -0.05) is 6.92 Å². The van der Waals surface area contributed by atoms with Gasteiger partial charge in [-0.3, -0.25) is 9.78 Å². The van der Waals surface area contributed by atoms with Crippen molar-refractivity contribution in [2.75, 3.05) is 18.1 Å². The summed E-state index contributed by atoms with van der Waals surface area (Å²) in [5.74, 6) is -0.571. The maximum atomic E-state index is 12.5. The van der Waals surface area contributed by atoms with Gasteiger partial charge in [0, 0.05) is 18.8 Å². The number of alkyl halides is 3. The first kappa shape index (κ1) is 17.7. The van der Waals surface area contributed by atoms with Crippen LogP contribution in [0.1, 0.15) is 35.8 Å². The van der Waals surface area contributed by atoms with Crippen LogP contribution < -0.4 is 0 Å². The van der Waals surface area contributed by atoms with E-state index in [9.17, 15) is 26.4 Å². The summed E-state index contributed by atoms with van der Waals surface area (Å²) in [6.07, 6.45) is -2.71. The summed E-state index contributed by atoms with van der Waals surface area (Å²) in [6, 6.07) is 1.39. The lowest BCUT2D eigenvalue weighted by atomic mass is 10.1. The first-order chi connectivity index (χ1) is 10.6. The molecule has 9 heteroatoms. The Morgan fingerprint density at radius 3 is 2.52 bits per heavy atom. The van der Waals surface area contributed by atoms with Gasteiger partial charge in [0.05, 0.1) is 17.1 Å². The molecule has 0 radical (unpaired) electrons. The average molecular weight is 350 g/mol. The first-order valence-electron chi connectivity index (χ1n) is 7.18. The topological polar surface area (TPSA) is 67.3 Å². The zero-order chi connectivity index (χ0) is 17.3. The van der Waals surface area contributed by atoms with Crippen LogP contribution in [0.2, 0.25) is 0 Å². The summed E-state index contributed by atoms with van der Waals surface area (Å²) in [7, 11) is -3.16. The standard InChI is InChI=1S/C14H17F3N2O3S/c1-2-6-19(11-5-7-23(21,22)9-11)13(20)10-3-4-12(18-8-10)14(15,16)17/h3-4,8,11H,2,5-7,9H2,1H3. The molecule has 0 aliphatic carbocycles. The van der Waals surface area contributed by atoms with E-state index in [-0.39, 0.29) is 17.1 Å². The van der Waals surface area contributed by atoms with Gasteiger partial charge >= 0.3 is 6.18 Å². The molecular weight excluding hydrogens is 333 g/mol. The van der Waals surface area contributed by atoms with Gasteiger partial charge in [-0.15, -0.1) is 0 Å². The lowest BCUT2D eigenvalue weighted by Crippen LogP contribution is -2.41. The fourth-order valence-electron chi connectivity index (χ4n) is 2.57. The van der Waals surface area contributed by atoms with Gasteiger partial charge in [-0.05, 0) is 25.0 Å². The molecule has 23 heavy (non-hydrogen) atoms. The van der Waals surface area contributed by atoms with Gasteiger partial charge in [0.25, 0.3) is 5.91 Å². The molecule has 5 nitrogen and oxygen atoms in total. The Kier molecular flexibility index (Phi) is 4.98. The number of hydrogen-bond acceptors (Lipinski definition) is 4. The number of sulfone groups is 1. The van der Waals surface area contributed by atoms with E-state index in [2.05, 4.69) is 4.98 Å². The van der Waals surface area contributed by atoms with Crippen molar-refractivity contribution < 1.29 is 26.4 Å². The van der Waals surface area contributed by atoms with Crippen molar-refractivity contribution in [1.82, 2.24) is 9.88 Å². The van der Waals surface area contributed by atoms with Gasteiger partial charge in [-0.25, -0.2) is 8.42 Å². The molecule has 0 N–H and O–H groups in total. The SMILES string of the molecule is CCCN(C(=O)c1ccc(C(F)(F)F)nc1)C1CCS(=O)(=O)C1. The third-order valence-electron chi connectivity index (χ3n) is 3.68. The van der Waals surface area contributed by atoms with Crippen LogP contribution in [0.5, 0.6) is 0 Å². The molecule has 1 fully saturated rings. The second-order valence-electron chi connectivity index (χ2n) is 5.49. The molecule has 1 aromatic rings. The molecule has 2 heterocycles. The molecule has 2 rings (SSSR count). The van der Waals surface area contributed by atoms with Crippen molar-refractivity contribution in [1.29, 1.82) is 0 Å². The molecule has 1 aromatic heterocycles. The van der Waals surface area contributed by atoms with Crippen LogP contribution in [0.15, 0.2) is 18.3 Å². The van der Waals surface area contributed by atoms with Crippen molar-refractivity contribution in [3.8, 4) is 0 Å². The molecule has 0 spiro atoms. The van der Waals surface area contributed by atoms with Gasteiger partial charge in [-0.2, -0.15) is 13.2 Å². The highest BCUT2D eigenvalue weighted by Crippen LogP contribution is 2.27. The van der Waals surface area contributed by atoms with Gasteiger partial charge in [0.2, 0.25) is 0 Å². The lowest BCUT2D eigenvalue weighted by Gasteiger charge is -2.28. The predicted octanol–water partition coefficient (Wildman–Crippen LogP) is 2.14. The average Bonchev–Trinajstić information content (AvgIpc) is 2.83. The maximum absolute atomic E-state index is 12.5. The number of aromatic nitrogens is 1. The summed E-state index contributed by atoms with van der Waals surface area (Å²) in [5.41, 5.74) is -1.05. The quantitative estimate of drug-likeness (QED) is 0.834. The molecule has 128 valence electrons. The number of rotatable bonds is 4. The molecular formula is C14H17F3N2O3S. The Balaban J connectivity index is 2.21. The first-order valence-corrected chi connectivity index (χ1v) is 9.01. The predicted molar refractivity (Wildman–Crippen MR) is 77.6 cm³/mol. The molecule has 1 atom stereocenters. The molecule has 1 amide bonds. The Labute approximate surface area is 132 Å². The van der Waals surface area contributed by atoms with Crippen LogP contribution in [-0.2, 0) is 16.0 Å². The van der Waals surface area contributed by atoms with Gasteiger partial charge in [0.15, 0.2) is 9.84 Å². The van der Waals surface area contributed by atoms with Crippen LogP contribution in [-0.4, -0.2) is 48.3 Å². The highest BCUT2D eigenvalue weighted by Gasteiger charge is 2.35. The van der Waals surface area contributed by atoms with Gasteiger partial charge in [0.1, 0.15) is 5.69 Å². The number of hydrogen-bond donors (Lipinski definition) is 0. The van der Waals surface area contributed by atoms with E-state index in [4.69, 9.17) is 0 Å². The smallest absolute Gasteiger partial charge is 0.335 e. The van der Waals surface area contributed by atoms with E-state index >= 15 is 0 Å². The minimum atomic E-state index is -4.57. The van der Waals surface area contributed by atoms with Crippen LogP contribution in [0.4, 0.5) is 13.2 Å². The zero-order valence-electron chi connectivity index (χ0n) is 12.5. The van der Waals surface area contributed by atoms with Crippen LogP contribution in [0, 0.1) is 0 Å². The third-order valence-corrected chi connectivity index (χ3v) is 5.43. The molecule has 0 aromatic carbocycles. The van der Waals surface area contributed by atoms with Crippen molar-refractivity contribution in [3.05, 3.63) is 29.6 Å². The Bertz CT molecular complexity index is 672. The second-order valence-corrected chi connectivity index (χ2v) is 7.71. The number of carbonyl (C=O) groups excluding carboxylic acids is 1. The van der Waals surface area contributed by atoms with E-state index in [0.29, 0.717) is 19.4 Å². The molecule has 0 saturated carbocycles. The minimum absolute atomic E-state index is 0.0238. The minimum Gasteiger partial charge on any atom is -0.335 e. The number of carbonyl (C=O) groups is 1. The van der Waals surface area contributed by atoms with Crippen LogP contribution in [0.3, 0.4) is 0 Å². The number of halogens is 3. The largest absolute Gasteiger partial charge is 0.433 e. The Morgan fingerprint density at radius 1 is 1.39 bits per heavy atom.